The van der Waals surface area contributed by atoms with Gasteiger partial charge in [0.25, 0.3) is 5.91 Å². The molecule has 2 aromatic carbocycles. The van der Waals surface area contributed by atoms with Gasteiger partial charge >= 0.3 is 5.97 Å². The van der Waals surface area contributed by atoms with Gasteiger partial charge in [-0.05, 0) is 31.5 Å². The topological polar surface area (TPSA) is 107 Å². The van der Waals surface area contributed by atoms with Crippen molar-refractivity contribution < 1.29 is 28.6 Å². The number of nitrogens with zero attached hydrogens (tertiary/aromatic N) is 2. The summed E-state index contributed by atoms with van der Waals surface area (Å²) in [4.78, 5) is 36.6. The molecule has 0 unspecified atom stereocenters. The Hall–Kier alpha value is -3.88. The molecule has 9 nitrogen and oxygen atoms in total. The summed E-state index contributed by atoms with van der Waals surface area (Å²) in [6, 6.07) is 14.7. The number of carbonyl (C=O) groups is 3. The van der Waals surface area contributed by atoms with Gasteiger partial charge in [0.1, 0.15) is 0 Å². The first-order chi connectivity index (χ1) is 16.5. The molecular weight excluding hydrogens is 438 g/mol. The van der Waals surface area contributed by atoms with Crippen molar-refractivity contribution in [3.8, 4) is 11.5 Å². The zero-order valence-corrected chi connectivity index (χ0v) is 19.4. The predicted octanol–water partition coefficient (Wildman–Crippen LogP) is 3.38. The van der Waals surface area contributed by atoms with E-state index in [1.54, 1.807) is 18.2 Å². The summed E-state index contributed by atoms with van der Waals surface area (Å²) in [5.41, 5.74) is 2.31. The molecule has 180 valence electrons. The lowest BCUT2D eigenvalue weighted by atomic mass is 10.1. The fourth-order valence-electron chi connectivity index (χ4n) is 3.35. The number of hydrogen-bond donors (Lipinski definition) is 1. The van der Waals surface area contributed by atoms with Gasteiger partial charge < -0.3 is 19.5 Å². The zero-order valence-electron chi connectivity index (χ0n) is 19.4. The number of rotatable bonds is 11. The number of amides is 2. The molecule has 0 fully saturated rings. The summed E-state index contributed by atoms with van der Waals surface area (Å²) in [5, 5.41) is 8.39. The molecule has 1 heterocycles. The standard InChI is InChI=1S/C25H29N3O6/c1-3-32-21-11-10-19(16-22(21)33-4-2)26-23(29)17-34-25(31)13-12-24(30)28-15-14-20(27-28)18-8-6-5-7-9-18/h5-11,16H,3-4,12-15,17H2,1-2H3,(H,26,29). The van der Waals surface area contributed by atoms with Crippen molar-refractivity contribution in [2.75, 3.05) is 31.7 Å². The number of ether oxygens (including phenoxy) is 3. The Morgan fingerprint density at radius 2 is 1.71 bits per heavy atom. The van der Waals surface area contributed by atoms with Crippen molar-refractivity contribution in [3.63, 3.8) is 0 Å². The molecule has 0 atom stereocenters. The smallest absolute Gasteiger partial charge is 0.306 e. The van der Waals surface area contributed by atoms with E-state index in [1.807, 2.05) is 44.2 Å². The van der Waals surface area contributed by atoms with Crippen LogP contribution in [0.3, 0.4) is 0 Å². The van der Waals surface area contributed by atoms with Gasteiger partial charge in [-0.1, -0.05) is 30.3 Å². The van der Waals surface area contributed by atoms with Gasteiger partial charge in [-0.2, -0.15) is 5.10 Å². The van der Waals surface area contributed by atoms with Gasteiger partial charge in [-0.15, -0.1) is 0 Å². The second kappa shape index (κ2) is 12.4. The predicted molar refractivity (Wildman–Crippen MR) is 127 cm³/mol. The lowest BCUT2D eigenvalue weighted by molar-refractivity contribution is -0.148. The minimum atomic E-state index is -0.628. The number of hydrazone groups is 1. The van der Waals surface area contributed by atoms with Crippen LogP contribution in [0.5, 0.6) is 11.5 Å². The average molecular weight is 468 g/mol. The molecule has 34 heavy (non-hydrogen) atoms. The fourth-order valence-corrected chi connectivity index (χ4v) is 3.35. The average Bonchev–Trinajstić information content (AvgIpc) is 3.34. The van der Waals surface area contributed by atoms with Gasteiger partial charge in [0, 0.05) is 24.6 Å². The number of carbonyl (C=O) groups excluding carboxylic acids is 3. The highest BCUT2D eigenvalue weighted by atomic mass is 16.5. The van der Waals surface area contributed by atoms with Crippen LogP contribution in [0.1, 0.15) is 38.7 Å². The van der Waals surface area contributed by atoms with E-state index in [-0.39, 0.29) is 18.7 Å². The Balaban J connectivity index is 1.42. The molecule has 0 saturated heterocycles. The van der Waals surface area contributed by atoms with Gasteiger partial charge in [0.15, 0.2) is 18.1 Å². The van der Waals surface area contributed by atoms with Crippen molar-refractivity contribution in [1.82, 2.24) is 5.01 Å². The molecular formula is C25H29N3O6. The van der Waals surface area contributed by atoms with Gasteiger partial charge in [-0.3, -0.25) is 14.4 Å². The maximum atomic E-state index is 12.4. The molecule has 1 aliphatic heterocycles. The molecule has 0 spiro atoms. The number of nitrogens with one attached hydrogen (secondary N) is 1. The molecule has 0 aliphatic carbocycles. The van der Waals surface area contributed by atoms with Gasteiger partial charge in [0.05, 0.1) is 31.9 Å². The Morgan fingerprint density at radius 3 is 2.44 bits per heavy atom. The van der Waals surface area contributed by atoms with Crippen LogP contribution in [0.4, 0.5) is 5.69 Å². The van der Waals surface area contributed by atoms with E-state index in [2.05, 4.69) is 10.4 Å². The van der Waals surface area contributed by atoms with Crippen LogP contribution in [0, 0.1) is 0 Å². The molecule has 0 bridgehead atoms. The van der Waals surface area contributed by atoms with Crippen LogP contribution in [0.25, 0.3) is 0 Å². The summed E-state index contributed by atoms with van der Waals surface area (Å²) < 4.78 is 16.0. The lowest BCUT2D eigenvalue weighted by Crippen LogP contribution is -2.25. The van der Waals surface area contributed by atoms with E-state index >= 15 is 0 Å². The van der Waals surface area contributed by atoms with Crippen LogP contribution in [0.2, 0.25) is 0 Å². The first-order valence-electron chi connectivity index (χ1n) is 11.3. The molecule has 2 aromatic rings. The monoisotopic (exact) mass is 467 g/mol. The summed E-state index contributed by atoms with van der Waals surface area (Å²) >= 11 is 0. The second-order valence-electron chi connectivity index (χ2n) is 7.42. The van der Waals surface area contributed by atoms with Crippen LogP contribution in [0.15, 0.2) is 53.6 Å². The van der Waals surface area contributed by atoms with E-state index < -0.39 is 18.5 Å². The third-order valence-corrected chi connectivity index (χ3v) is 4.93. The Kier molecular flexibility index (Phi) is 9.02. The summed E-state index contributed by atoms with van der Waals surface area (Å²) in [6.07, 6.45) is 0.496. The van der Waals surface area contributed by atoms with E-state index in [0.717, 1.165) is 11.3 Å². The van der Waals surface area contributed by atoms with E-state index in [9.17, 15) is 14.4 Å². The fraction of sp³-hybridized carbons (Fsp3) is 0.360. The third kappa shape index (κ3) is 7.06. The van der Waals surface area contributed by atoms with Crippen LogP contribution >= 0.6 is 0 Å². The first kappa shape index (κ1) is 24.8. The number of anilines is 1. The molecule has 3 rings (SSSR count). The molecule has 1 aliphatic rings. The summed E-state index contributed by atoms with van der Waals surface area (Å²) in [7, 11) is 0. The Morgan fingerprint density at radius 1 is 0.971 bits per heavy atom. The lowest BCUT2D eigenvalue weighted by Gasteiger charge is -2.13. The van der Waals surface area contributed by atoms with Crippen molar-refractivity contribution in [2.24, 2.45) is 5.10 Å². The minimum absolute atomic E-state index is 0.0391. The summed E-state index contributed by atoms with van der Waals surface area (Å²) in [5.74, 6) is -0.293. The molecule has 1 N–H and O–H groups in total. The highest BCUT2D eigenvalue weighted by Crippen LogP contribution is 2.30. The SMILES string of the molecule is CCOc1ccc(NC(=O)COC(=O)CCC(=O)N2CCC(c3ccccc3)=N2)cc1OCC. The van der Waals surface area contributed by atoms with Gasteiger partial charge in [-0.25, -0.2) is 5.01 Å². The third-order valence-electron chi connectivity index (χ3n) is 4.93. The zero-order chi connectivity index (χ0) is 24.3. The van der Waals surface area contributed by atoms with Crippen LogP contribution in [-0.2, 0) is 19.1 Å². The minimum Gasteiger partial charge on any atom is -0.490 e. The van der Waals surface area contributed by atoms with Crippen molar-refractivity contribution in [2.45, 2.75) is 33.1 Å². The number of benzene rings is 2. The van der Waals surface area contributed by atoms with Crippen molar-refractivity contribution in [1.29, 1.82) is 0 Å². The molecule has 0 radical (unpaired) electrons. The highest BCUT2D eigenvalue weighted by Gasteiger charge is 2.22. The van der Waals surface area contributed by atoms with Crippen LogP contribution < -0.4 is 14.8 Å². The molecule has 2 amide bonds. The maximum absolute atomic E-state index is 12.4. The van der Waals surface area contributed by atoms with Crippen molar-refractivity contribution in [3.05, 3.63) is 54.1 Å². The first-order valence-corrected chi connectivity index (χ1v) is 11.3. The van der Waals surface area contributed by atoms with E-state index in [0.29, 0.717) is 43.4 Å². The normalized spacial score (nSPS) is 12.6. The van der Waals surface area contributed by atoms with Crippen LogP contribution in [-0.4, -0.2) is 54.9 Å². The van der Waals surface area contributed by atoms with Crippen molar-refractivity contribution >= 4 is 29.2 Å². The van der Waals surface area contributed by atoms with E-state index in [4.69, 9.17) is 14.2 Å². The quantitative estimate of drug-likeness (QED) is 0.508. The number of esters is 1. The molecule has 0 aromatic heterocycles. The second-order valence-corrected chi connectivity index (χ2v) is 7.42. The van der Waals surface area contributed by atoms with Gasteiger partial charge in [0.2, 0.25) is 5.91 Å². The Labute approximate surface area is 198 Å². The number of hydrogen-bond acceptors (Lipinski definition) is 7. The molecule has 9 heteroatoms. The highest BCUT2D eigenvalue weighted by molar-refractivity contribution is 6.02. The summed E-state index contributed by atoms with van der Waals surface area (Å²) in [6.45, 7) is 4.68. The van der Waals surface area contributed by atoms with E-state index in [1.165, 1.54) is 5.01 Å². The Bertz CT molecular complexity index is 1040. The molecule has 0 saturated carbocycles. The largest absolute Gasteiger partial charge is 0.490 e. The maximum Gasteiger partial charge on any atom is 0.306 e.